The zero-order valence-electron chi connectivity index (χ0n) is 13.1. The highest BCUT2D eigenvalue weighted by Crippen LogP contribution is 2.36. The molecule has 0 aliphatic carbocycles. The smallest absolute Gasteiger partial charge is 0.207 e. The van der Waals surface area contributed by atoms with Crippen LogP contribution in [0.2, 0.25) is 0 Å². The van der Waals surface area contributed by atoms with Crippen molar-refractivity contribution in [2.45, 2.75) is 37.1 Å². The highest BCUT2D eigenvalue weighted by atomic mass is 32.2. The molecule has 122 valence electrons. The van der Waals surface area contributed by atoms with Gasteiger partial charge in [-0.15, -0.1) is 0 Å². The van der Waals surface area contributed by atoms with Crippen molar-refractivity contribution in [3.63, 3.8) is 0 Å². The van der Waals surface area contributed by atoms with Crippen LogP contribution in [0.1, 0.15) is 36.9 Å². The molecular formula is C18H20FNO2S. The van der Waals surface area contributed by atoms with E-state index in [1.165, 1.54) is 12.1 Å². The first kappa shape index (κ1) is 16.1. The first-order chi connectivity index (χ1) is 11.0. The molecule has 0 N–H and O–H groups in total. The molecule has 23 heavy (non-hydrogen) atoms. The molecule has 0 amide bonds. The summed E-state index contributed by atoms with van der Waals surface area (Å²) >= 11 is 0. The van der Waals surface area contributed by atoms with E-state index < -0.39 is 10.0 Å². The summed E-state index contributed by atoms with van der Waals surface area (Å²) in [6.45, 7) is 2.54. The molecule has 1 aliphatic heterocycles. The van der Waals surface area contributed by atoms with Crippen LogP contribution >= 0.6 is 0 Å². The van der Waals surface area contributed by atoms with Crippen LogP contribution < -0.4 is 0 Å². The quantitative estimate of drug-likeness (QED) is 0.850. The van der Waals surface area contributed by atoms with Crippen LogP contribution in [0.3, 0.4) is 0 Å². The average Bonchev–Trinajstić information content (AvgIpc) is 3.06. The molecule has 1 saturated heterocycles. The summed E-state index contributed by atoms with van der Waals surface area (Å²) in [5, 5.41) is 0. The zero-order chi connectivity index (χ0) is 16.4. The largest absolute Gasteiger partial charge is 0.243 e. The Kier molecular flexibility index (Phi) is 4.50. The number of halogens is 1. The first-order valence-electron chi connectivity index (χ1n) is 7.88. The van der Waals surface area contributed by atoms with Crippen LogP contribution in [-0.4, -0.2) is 19.3 Å². The van der Waals surface area contributed by atoms with Crippen molar-refractivity contribution < 1.29 is 12.8 Å². The maximum absolute atomic E-state index is 13.1. The van der Waals surface area contributed by atoms with E-state index in [4.69, 9.17) is 0 Å². The molecule has 1 atom stereocenters. The molecule has 1 heterocycles. The van der Waals surface area contributed by atoms with E-state index in [0.29, 0.717) is 11.4 Å². The molecule has 0 aromatic heterocycles. The van der Waals surface area contributed by atoms with Crippen LogP contribution in [0, 0.1) is 5.82 Å². The fraction of sp³-hybridized carbons (Fsp3) is 0.333. The SMILES string of the molecule is CCc1ccc(S(=O)(=O)N2CCC[C@H]2c2ccc(F)cc2)cc1. The van der Waals surface area contributed by atoms with Crippen molar-refractivity contribution in [1.29, 1.82) is 0 Å². The Labute approximate surface area is 136 Å². The fourth-order valence-corrected chi connectivity index (χ4v) is 4.76. The Hall–Kier alpha value is -1.72. The normalized spacial score (nSPS) is 19.1. The molecule has 0 unspecified atom stereocenters. The maximum atomic E-state index is 13.1. The van der Waals surface area contributed by atoms with Gasteiger partial charge in [0.05, 0.1) is 10.9 Å². The summed E-state index contributed by atoms with van der Waals surface area (Å²) in [6.07, 6.45) is 2.45. The molecule has 3 nitrogen and oxygen atoms in total. The van der Waals surface area contributed by atoms with E-state index >= 15 is 0 Å². The number of aryl methyl sites for hydroxylation is 1. The van der Waals surface area contributed by atoms with Crippen LogP contribution in [-0.2, 0) is 16.4 Å². The predicted molar refractivity (Wildman–Crippen MR) is 88.1 cm³/mol. The summed E-state index contributed by atoms with van der Waals surface area (Å²) in [4.78, 5) is 0.323. The minimum atomic E-state index is -3.53. The Morgan fingerprint density at radius 2 is 1.74 bits per heavy atom. The van der Waals surface area contributed by atoms with Crippen LogP contribution in [0.4, 0.5) is 4.39 Å². The standard InChI is InChI=1S/C18H20FNO2S/c1-2-14-5-11-17(12-6-14)23(21,22)20-13-3-4-18(20)15-7-9-16(19)10-8-15/h5-12,18H,2-4,13H2,1H3/t18-/m0/s1. The van der Waals surface area contributed by atoms with Gasteiger partial charge in [-0.05, 0) is 54.7 Å². The van der Waals surface area contributed by atoms with E-state index in [1.54, 1.807) is 28.6 Å². The number of benzene rings is 2. The number of rotatable bonds is 4. The molecule has 0 saturated carbocycles. The van der Waals surface area contributed by atoms with Crippen LogP contribution in [0.15, 0.2) is 53.4 Å². The molecule has 0 spiro atoms. The summed E-state index contributed by atoms with van der Waals surface area (Å²) in [5.41, 5.74) is 1.96. The van der Waals surface area contributed by atoms with E-state index in [-0.39, 0.29) is 11.9 Å². The maximum Gasteiger partial charge on any atom is 0.243 e. The minimum absolute atomic E-state index is 0.216. The zero-order valence-corrected chi connectivity index (χ0v) is 13.9. The van der Waals surface area contributed by atoms with Crippen molar-refractivity contribution in [3.05, 3.63) is 65.5 Å². The van der Waals surface area contributed by atoms with E-state index in [1.807, 2.05) is 19.1 Å². The van der Waals surface area contributed by atoms with Gasteiger partial charge in [0.15, 0.2) is 0 Å². The van der Waals surface area contributed by atoms with Crippen molar-refractivity contribution in [2.75, 3.05) is 6.54 Å². The van der Waals surface area contributed by atoms with Crippen molar-refractivity contribution in [1.82, 2.24) is 4.31 Å². The molecule has 2 aromatic rings. The third-order valence-electron chi connectivity index (χ3n) is 4.40. The third-order valence-corrected chi connectivity index (χ3v) is 6.32. The predicted octanol–water partition coefficient (Wildman–Crippen LogP) is 3.91. The second kappa shape index (κ2) is 6.42. The van der Waals surface area contributed by atoms with Gasteiger partial charge in [-0.2, -0.15) is 4.31 Å². The lowest BCUT2D eigenvalue weighted by Gasteiger charge is -2.24. The highest BCUT2D eigenvalue weighted by molar-refractivity contribution is 7.89. The minimum Gasteiger partial charge on any atom is -0.207 e. The number of nitrogens with zero attached hydrogens (tertiary/aromatic N) is 1. The summed E-state index contributed by atoms with van der Waals surface area (Å²) in [5.74, 6) is -0.309. The lowest BCUT2D eigenvalue weighted by atomic mass is 10.1. The molecular weight excluding hydrogens is 313 g/mol. The average molecular weight is 333 g/mol. The van der Waals surface area contributed by atoms with Gasteiger partial charge in [-0.25, -0.2) is 12.8 Å². The Morgan fingerprint density at radius 1 is 1.09 bits per heavy atom. The molecule has 3 rings (SSSR count). The fourth-order valence-electron chi connectivity index (χ4n) is 3.08. The Bertz CT molecular complexity index is 770. The van der Waals surface area contributed by atoms with Crippen LogP contribution in [0.5, 0.6) is 0 Å². The lowest BCUT2D eigenvalue weighted by molar-refractivity contribution is 0.396. The second-order valence-electron chi connectivity index (χ2n) is 5.82. The molecule has 2 aromatic carbocycles. The van der Waals surface area contributed by atoms with Crippen molar-refractivity contribution >= 4 is 10.0 Å². The summed E-state index contributed by atoms with van der Waals surface area (Å²) in [6, 6.07) is 13.0. The van der Waals surface area contributed by atoms with Gasteiger partial charge in [0.2, 0.25) is 10.0 Å². The number of hydrogen-bond donors (Lipinski definition) is 0. The lowest BCUT2D eigenvalue weighted by Crippen LogP contribution is -2.30. The molecule has 1 aliphatic rings. The molecule has 1 fully saturated rings. The van der Waals surface area contributed by atoms with Crippen molar-refractivity contribution in [3.8, 4) is 0 Å². The molecule has 0 radical (unpaired) electrons. The number of hydrogen-bond acceptors (Lipinski definition) is 2. The van der Waals surface area contributed by atoms with Gasteiger partial charge >= 0.3 is 0 Å². The van der Waals surface area contributed by atoms with Gasteiger partial charge in [-0.1, -0.05) is 31.2 Å². The Morgan fingerprint density at radius 3 is 2.35 bits per heavy atom. The van der Waals surface area contributed by atoms with Crippen LogP contribution in [0.25, 0.3) is 0 Å². The Balaban J connectivity index is 1.92. The third kappa shape index (κ3) is 3.16. The number of sulfonamides is 1. The van der Waals surface area contributed by atoms with Gasteiger partial charge in [0, 0.05) is 6.54 Å². The van der Waals surface area contributed by atoms with Gasteiger partial charge in [-0.3, -0.25) is 0 Å². The topological polar surface area (TPSA) is 37.4 Å². The monoisotopic (exact) mass is 333 g/mol. The molecule has 5 heteroatoms. The highest BCUT2D eigenvalue weighted by Gasteiger charge is 2.36. The molecule has 0 bridgehead atoms. The van der Waals surface area contributed by atoms with E-state index in [9.17, 15) is 12.8 Å². The van der Waals surface area contributed by atoms with Gasteiger partial charge in [0.1, 0.15) is 5.82 Å². The van der Waals surface area contributed by atoms with E-state index in [2.05, 4.69) is 0 Å². The second-order valence-corrected chi connectivity index (χ2v) is 7.71. The summed E-state index contributed by atoms with van der Waals surface area (Å²) in [7, 11) is -3.53. The summed E-state index contributed by atoms with van der Waals surface area (Å²) < 4.78 is 40.5. The van der Waals surface area contributed by atoms with E-state index in [0.717, 1.165) is 30.4 Å². The van der Waals surface area contributed by atoms with Crippen molar-refractivity contribution in [2.24, 2.45) is 0 Å². The first-order valence-corrected chi connectivity index (χ1v) is 9.32. The van der Waals surface area contributed by atoms with Gasteiger partial charge in [0.25, 0.3) is 0 Å². The van der Waals surface area contributed by atoms with Gasteiger partial charge < -0.3 is 0 Å².